The summed E-state index contributed by atoms with van der Waals surface area (Å²) in [6.45, 7) is 4.27. The summed E-state index contributed by atoms with van der Waals surface area (Å²) in [5.41, 5.74) is 0.700. The first-order valence-corrected chi connectivity index (χ1v) is 7.05. The Hall–Kier alpha value is -0.930. The summed E-state index contributed by atoms with van der Waals surface area (Å²) in [5, 5.41) is 10.8. The zero-order valence-corrected chi connectivity index (χ0v) is 12.8. The van der Waals surface area contributed by atoms with E-state index in [2.05, 4.69) is 13.8 Å². The van der Waals surface area contributed by atoms with Crippen molar-refractivity contribution in [2.45, 2.75) is 39.2 Å². The summed E-state index contributed by atoms with van der Waals surface area (Å²) < 4.78 is 10.4. The van der Waals surface area contributed by atoms with Crippen LogP contribution in [0.3, 0.4) is 0 Å². The predicted molar refractivity (Wildman–Crippen MR) is 78.2 cm³/mol. The number of hydrogen-bond acceptors (Lipinski definition) is 3. The van der Waals surface area contributed by atoms with Crippen molar-refractivity contribution in [3.63, 3.8) is 0 Å². The minimum Gasteiger partial charge on any atom is -0.493 e. The Bertz CT molecular complexity index is 403. The van der Waals surface area contributed by atoms with Crippen LogP contribution in [0.4, 0.5) is 0 Å². The van der Waals surface area contributed by atoms with Gasteiger partial charge in [0.05, 0.1) is 25.3 Å². The molecule has 108 valence electrons. The van der Waals surface area contributed by atoms with E-state index in [0.717, 1.165) is 12.8 Å². The number of halogens is 1. The largest absolute Gasteiger partial charge is 0.493 e. The molecule has 1 N–H and O–H groups in total. The highest BCUT2D eigenvalue weighted by Crippen LogP contribution is 2.41. The lowest BCUT2D eigenvalue weighted by atomic mass is 9.92. The van der Waals surface area contributed by atoms with Gasteiger partial charge in [0.15, 0.2) is 11.5 Å². The van der Waals surface area contributed by atoms with Gasteiger partial charge in [-0.3, -0.25) is 0 Å². The molecule has 0 aliphatic heterocycles. The van der Waals surface area contributed by atoms with Crippen molar-refractivity contribution in [3.05, 3.63) is 22.7 Å². The number of aliphatic hydroxyl groups excluding tert-OH is 1. The fourth-order valence-corrected chi connectivity index (χ4v) is 2.59. The molecule has 1 unspecified atom stereocenters. The molecule has 1 atom stereocenters. The Balaban J connectivity index is 3.00. The third kappa shape index (κ3) is 3.77. The van der Waals surface area contributed by atoms with Crippen LogP contribution in [0.2, 0.25) is 5.02 Å². The first-order chi connectivity index (χ1) is 9.08. The summed E-state index contributed by atoms with van der Waals surface area (Å²) >= 11 is 6.29. The van der Waals surface area contributed by atoms with Gasteiger partial charge in [0.1, 0.15) is 0 Å². The van der Waals surface area contributed by atoms with Gasteiger partial charge < -0.3 is 14.6 Å². The summed E-state index contributed by atoms with van der Waals surface area (Å²) in [5.74, 6) is 1.55. The van der Waals surface area contributed by atoms with Crippen LogP contribution in [0.15, 0.2) is 12.1 Å². The van der Waals surface area contributed by atoms with Crippen molar-refractivity contribution in [2.24, 2.45) is 5.92 Å². The van der Waals surface area contributed by atoms with E-state index in [1.165, 1.54) is 0 Å². The summed E-state index contributed by atoms with van der Waals surface area (Å²) in [6.07, 6.45) is 2.25. The average Bonchev–Trinajstić information content (AvgIpc) is 2.43. The number of methoxy groups -OCH3 is 2. The van der Waals surface area contributed by atoms with E-state index in [1.807, 2.05) is 0 Å². The minimum absolute atomic E-state index is 0.431. The average molecular weight is 287 g/mol. The van der Waals surface area contributed by atoms with Gasteiger partial charge in [-0.2, -0.15) is 0 Å². The van der Waals surface area contributed by atoms with Gasteiger partial charge >= 0.3 is 0 Å². The fourth-order valence-electron chi connectivity index (χ4n) is 2.23. The van der Waals surface area contributed by atoms with Crippen LogP contribution in [0.1, 0.15) is 44.8 Å². The Labute approximate surface area is 120 Å². The van der Waals surface area contributed by atoms with Crippen molar-refractivity contribution in [1.29, 1.82) is 0 Å². The molecule has 0 bridgehead atoms. The molecule has 4 heteroatoms. The van der Waals surface area contributed by atoms with E-state index in [-0.39, 0.29) is 0 Å². The molecule has 1 aromatic carbocycles. The molecule has 0 saturated heterocycles. The van der Waals surface area contributed by atoms with E-state index in [0.29, 0.717) is 34.4 Å². The van der Waals surface area contributed by atoms with Gasteiger partial charge in [-0.05, 0) is 18.4 Å². The lowest BCUT2D eigenvalue weighted by molar-refractivity contribution is 0.141. The molecule has 0 spiro atoms. The Kier molecular flexibility index (Phi) is 6.46. The molecular formula is C15H23ClO3. The highest BCUT2D eigenvalue weighted by Gasteiger charge is 2.20. The van der Waals surface area contributed by atoms with E-state index in [9.17, 15) is 5.11 Å². The molecule has 19 heavy (non-hydrogen) atoms. The van der Waals surface area contributed by atoms with Crippen LogP contribution >= 0.6 is 11.6 Å². The van der Waals surface area contributed by atoms with Gasteiger partial charge in [0, 0.05) is 5.56 Å². The quantitative estimate of drug-likeness (QED) is 0.816. The zero-order valence-electron chi connectivity index (χ0n) is 12.1. The molecule has 0 aliphatic rings. The van der Waals surface area contributed by atoms with Crippen molar-refractivity contribution in [1.82, 2.24) is 0 Å². The predicted octanol–water partition coefficient (Wildman–Crippen LogP) is 4.22. The van der Waals surface area contributed by atoms with Crippen molar-refractivity contribution in [3.8, 4) is 11.5 Å². The Morgan fingerprint density at radius 1 is 1.16 bits per heavy atom. The lowest BCUT2D eigenvalue weighted by Crippen LogP contribution is -2.07. The summed E-state index contributed by atoms with van der Waals surface area (Å²) in [6, 6.07) is 3.58. The van der Waals surface area contributed by atoms with Crippen LogP contribution < -0.4 is 9.47 Å². The molecule has 1 rings (SSSR count). The maximum Gasteiger partial charge on any atom is 0.179 e. The van der Waals surface area contributed by atoms with Gasteiger partial charge in [0.2, 0.25) is 0 Å². The monoisotopic (exact) mass is 286 g/mol. The highest BCUT2D eigenvalue weighted by atomic mass is 35.5. The standard InChI is InChI=1S/C15H23ClO3/c1-5-10(6-2)9-12(17)11-7-8-13(18-3)15(19-4)14(11)16/h7-8,10,12,17H,5-6,9H2,1-4H3. The van der Waals surface area contributed by atoms with Crippen LogP contribution in [0, 0.1) is 5.92 Å². The second-order valence-corrected chi connectivity index (χ2v) is 5.02. The Morgan fingerprint density at radius 3 is 2.26 bits per heavy atom. The molecular weight excluding hydrogens is 264 g/mol. The fraction of sp³-hybridized carbons (Fsp3) is 0.600. The van der Waals surface area contributed by atoms with Crippen molar-refractivity contribution in [2.75, 3.05) is 14.2 Å². The van der Waals surface area contributed by atoms with Crippen LogP contribution in [0.5, 0.6) is 11.5 Å². The second-order valence-electron chi connectivity index (χ2n) is 4.64. The molecule has 1 aromatic rings. The first-order valence-electron chi connectivity index (χ1n) is 6.67. The van der Waals surface area contributed by atoms with Gasteiger partial charge in [-0.1, -0.05) is 44.4 Å². The van der Waals surface area contributed by atoms with Gasteiger partial charge in [0.25, 0.3) is 0 Å². The minimum atomic E-state index is -0.572. The first kappa shape index (κ1) is 16.1. The van der Waals surface area contributed by atoms with Crippen molar-refractivity contribution < 1.29 is 14.6 Å². The molecule has 0 aromatic heterocycles. The zero-order chi connectivity index (χ0) is 14.4. The number of ether oxygens (including phenoxy) is 2. The van der Waals surface area contributed by atoms with Crippen LogP contribution in [-0.4, -0.2) is 19.3 Å². The number of benzene rings is 1. The van der Waals surface area contributed by atoms with E-state index < -0.39 is 6.10 Å². The maximum atomic E-state index is 10.3. The molecule has 0 radical (unpaired) electrons. The van der Waals surface area contributed by atoms with Crippen LogP contribution in [-0.2, 0) is 0 Å². The topological polar surface area (TPSA) is 38.7 Å². The molecule has 0 aliphatic carbocycles. The van der Waals surface area contributed by atoms with Crippen LogP contribution in [0.25, 0.3) is 0 Å². The number of aliphatic hydroxyl groups is 1. The van der Waals surface area contributed by atoms with E-state index in [4.69, 9.17) is 21.1 Å². The summed E-state index contributed by atoms with van der Waals surface area (Å²) in [7, 11) is 3.11. The third-order valence-corrected chi connectivity index (χ3v) is 3.98. The third-order valence-electron chi connectivity index (χ3n) is 3.59. The van der Waals surface area contributed by atoms with Crippen molar-refractivity contribution >= 4 is 11.6 Å². The number of hydrogen-bond donors (Lipinski definition) is 1. The molecule has 0 saturated carbocycles. The normalized spacial score (nSPS) is 12.6. The smallest absolute Gasteiger partial charge is 0.179 e. The van der Waals surface area contributed by atoms with E-state index in [1.54, 1.807) is 26.4 Å². The summed E-state index contributed by atoms with van der Waals surface area (Å²) in [4.78, 5) is 0. The van der Waals surface area contributed by atoms with Gasteiger partial charge in [-0.15, -0.1) is 0 Å². The molecule has 0 heterocycles. The lowest BCUT2D eigenvalue weighted by Gasteiger charge is -2.20. The van der Waals surface area contributed by atoms with Gasteiger partial charge in [-0.25, -0.2) is 0 Å². The maximum absolute atomic E-state index is 10.3. The molecule has 3 nitrogen and oxygen atoms in total. The highest BCUT2D eigenvalue weighted by molar-refractivity contribution is 6.33. The second kappa shape index (κ2) is 7.61. The van der Waals surface area contributed by atoms with E-state index >= 15 is 0 Å². The SMILES string of the molecule is CCC(CC)CC(O)c1ccc(OC)c(OC)c1Cl. The Morgan fingerprint density at radius 2 is 1.79 bits per heavy atom. The molecule has 0 fully saturated rings. The molecule has 0 amide bonds. The number of rotatable bonds is 7.